The highest BCUT2D eigenvalue weighted by molar-refractivity contribution is 7.99. The van der Waals surface area contributed by atoms with Crippen LogP contribution in [0.3, 0.4) is 0 Å². The van der Waals surface area contributed by atoms with Crippen molar-refractivity contribution in [2.45, 2.75) is 50.3 Å². The molecule has 0 saturated carbocycles. The quantitative estimate of drug-likeness (QED) is 0.343. The number of halogens is 2. The zero-order valence-electron chi connectivity index (χ0n) is 20.4. The van der Waals surface area contributed by atoms with Crippen LogP contribution in [0.4, 0.5) is 19.3 Å². The number of esters is 1. The lowest BCUT2D eigenvalue weighted by Gasteiger charge is -2.35. The van der Waals surface area contributed by atoms with Gasteiger partial charge in [-0.1, -0.05) is 30.3 Å². The number of aliphatic carboxylic acids is 1. The number of urea groups is 1. The molecule has 3 rings (SSSR count). The first-order valence-corrected chi connectivity index (χ1v) is 12.3. The van der Waals surface area contributed by atoms with Crippen molar-refractivity contribution in [3.8, 4) is 0 Å². The van der Waals surface area contributed by atoms with E-state index in [1.807, 2.05) is 0 Å². The van der Waals surface area contributed by atoms with Gasteiger partial charge >= 0.3 is 18.0 Å². The number of para-hydroxylation sites is 1. The van der Waals surface area contributed by atoms with E-state index >= 15 is 0 Å². The second-order valence-corrected chi connectivity index (χ2v) is 10.4. The molecule has 0 bridgehead atoms. The van der Waals surface area contributed by atoms with Crippen molar-refractivity contribution in [2.24, 2.45) is 5.73 Å². The lowest BCUT2D eigenvalue weighted by molar-refractivity contribution is -0.163. The van der Waals surface area contributed by atoms with E-state index < -0.39 is 52.7 Å². The molecule has 1 saturated heterocycles. The number of amides is 2. The van der Waals surface area contributed by atoms with Crippen molar-refractivity contribution >= 4 is 41.7 Å². The number of carbonyl (C=O) groups excluding carboxylic acids is 3. The van der Waals surface area contributed by atoms with E-state index in [4.69, 9.17) is 10.5 Å². The van der Waals surface area contributed by atoms with Gasteiger partial charge < -0.3 is 25.7 Å². The number of carboxylic acids is 1. The summed E-state index contributed by atoms with van der Waals surface area (Å²) in [5.74, 6) is -4.47. The zero-order valence-corrected chi connectivity index (χ0v) is 21.2. The fourth-order valence-corrected chi connectivity index (χ4v) is 5.63. The molecule has 2 aromatic carbocycles. The molecule has 3 atom stereocenters. The first-order chi connectivity index (χ1) is 17.4. The summed E-state index contributed by atoms with van der Waals surface area (Å²) in [6.45, 7) is 4.94. The van der Waals surface area contributed by atoms with Crippen molar-refractivity contribution in [3.63, 3.8) is 0 Å². The lowest BCUT2D eigenvalue weighted by Crippen LogP contribution is -2.47. The van der Waals surface area contributed by atoms with Crippen LogP contribution in [0.25, 0.3) is 0 Å². The SMILES string of the molecule is CC(C)(C)OC(=O)C1CSC(c2cccc(F)c2F)N1C(C(=O)O)c1cccc(CC=O)c1NC(N)=O. The van der Waals surface area contributed by atoms with Gasteiger partial charge in [-0.2, -0.15) is 0 Å². The third kappa shape index (κ3) is 6.25. The predicted molar refractivity (Wildman–Crippen MR) is 133 cm³/mol. The van der Waals surface area contributed by atoms with Crippen LogP contribution in [0.5, 0.6) is 0 Å². The Hall–Kier alpha value is -3.51. The summed E-state index contributed by atoms with van der Waals surface area (Å²) in [5, 5.41) is 11.7. The van der Waals surface area contributed by atoms with Crippen molar-refractivity contribution in [3.05, 3.63) is 64.7 Å². The summed E-state index contributed by atoms with van der Waals surface area (Å²) in [7, 11) is 0. The van der Waals surface area contributed by atoms with Gasteiger partial charge in [0.1, 0.15) is 24.0 Å². The van der Waals surface area contributed by atoms with Crippen LogP contribution in [-0.4, -0.2) is 51.7 Å². The molecule has 2 amide bonds. The number of anilines is 1. The van der Waals surface area contributed by atoms with E-state index in [1.165, 1.54) is 35.2 Å². The Kier molecular flexibility index (Phi) is 8.54. The van der Waals surface area contributed by atoms with Gasteiger partial charge in [-0.15, -0.1) is 11.8 Å². The number of carbonyl (C=O) groups is 4. The maximum absolute atomic E-state index is 14.9. The Morgan fingerprint density at radius 3 is 2.51 bits per heavy atom. The maximum atomic E-state index is 14.9. The number of hydrogen-bond acceptors (Lipinski definition) is 7. The Morgan fingerprint density at radius 1 is 1.24 bits per heavy atom. The highest BCUT2D eigenvalue weighted by Gasteiger charge is 2.49. The van der Waals surface area contributed by atoms with Gasteiger partial charge in [-0.25, -0.2) is 13.6 Å². The molecule has 37 heavy (non-hydrogen) atoms. The van der Waals surface area contributed by atoms with Gasteiger partial charge in [-0.05, 0) is 32.4 Å². The molecule has 0 radical (unpaired) electrons. The van der Waals surface area contributed by atoms with E-state index in [1.54, 1.807) is 20.8 Å². The van der Waals surface area contributed by atoms with Gasteiger partial charge in [0.15, 0.2) is 11.6 Å². The topological polar surface area (TPSA) is 139 Å². The highest BCUT2D eigenvalue weighted by atomic mass is 32.2. The van der Waals surface area contributed by atoms with E-state index in [0.29, 0.717) is 6.29 Å². The zero-order chi connectivity index (χ0) is 27.5. The van der Waals surface area contributed by atoms with Crippen molar-refractivity contribution < 1.29 is 37.8 Å². The number of nitrogens with one attached hydrogen (secondary N) is 1. The lowest BCUT2D eigenvalue weighted by atomic mass is 9.96. The fraction of sp³-hybridized carbons (Fsp3) is 0.360. The van der Waals surface area contributed by atoms with Gasteiger partial charge in [-0.3, -0.25) is 14.5 Å². The average molecular weight is 536 g/mol. The number of rotatable bonds is 8. The molecule has 1 heterocycles. The van der Waals surface area contributed by atoms with Crippen LogP contribution in [0, 0.1) is 11.6 Å². The minimum atomic E-state index is -1.64. The van der Waals surface area contributed by atoms with Gasteiger partial charge in [0.25, 0.3) is 0 Å². The molecule has 1 aliphatic rings. The molecular formula is C25H27F2N3O6S. The third-order valence-corrected chi connectivity index (χ3v) is 6.85. The Balaban J connectivity index is 2.24. The molecule has 4 N–H and O–H groups in total. The van der Waals surface area contributed by atoms with E-state index in [2.05, 4.69) is 5.32 Å². The molecular weight excluding hydrogens is 508 g/mol. The number of benzene rings is 2. The maximum Gasteiger partial charge on any atom is 0.325 e. The summed E-state index contributed by atoms with van der Waals surface area (Å²) in [6.07, 6.45) is 0.406. The van der Waals surface area contributed by atoms with E-state index in [-0.39, 0.29) is 34.6 Å². The first kappa shape index (κ1) is 28.1. The molecule has 0 aromatic heterocycles. The number of nitrogens with two attached hydrogens (primary N) is 1. The number of hydrogen-bond donors (Lipinski definition) is 3. The number of thioether (sulfide) groups is 1. The second kappa shape index (κ2) is 11.3. The summed E-state index contributed by atoms with van der Waals surface area (Å²) in [6, 6.07) is 4.10. The monoisotopic (exact) mass is 535 g/mol. The number of nitrogens with zero attached hydrogens (tertiary/aromatic N) is 1. The Bertz CT molecular complexity index is 1220. The Labute approximate surface area is 216 Å². The van der Waals surface area contributed by atoms with Crippen molar-refractivity contribution in [1.82, 2.24) is 4.90 Å². The van der Waals surface area contributed by atoms with Crippen LogP contribution in [-0.2, 0) is 25.5 Å². The van der Waals surface area contributed by atoms with E-state index in [0.717, 1.165) is 17.8 Å². The standard InChI is InChI=1S/C25H27F2N3O6S/c1-25(2,3)36-23(34)17-12-37-21(14-7-5-9-16(26)18(14)27)30(17)20(22(32)33)15-8-4-6-13(10-11-31)19(15)29-24(28)35/h4-9,11,17,20-21H,10,12H2,1-3H3,(H,32,33)(H3,28,29,35). The minimum Gasteiger partial charge on any atom is -0.480 e. The number of primary amides is 1. The fourth-order valence-electron chi connectivity index (χ4n) is 4.16. The van der Waals surface area contributed by atoms with Crippen molar-refractivity contribution in [1.29, 1.82) is 0 Å². The molecule has 1 aliphatic heterocycles. The molecule has 2 aromatic rings. The van der Waals surface area contributed by atoms with Gasteiger partial charge in [0.2, 0.25) is 0 Å². The van der Waals surface area contributed by atoms with E-state index in [9.17, 15) is 33.1 Å². The average Bonchev–Trinajstić information content (AvgIpc) is 3.21. The third-order valence-electron chi connectivity index (χ3n) is 5.53. The summed E-state index contributed by atoms with van der Waals surface area (Å²) in [4.78, 5) is 50.3. The van der Waals surface area contributed by atoms with Gasteiger partial charge in [0.05, 0.1) is 11.1 Å². The van der Waals surface area contributed by atoms with Crippen LogP contribution in [0.1, 0.15) is 48.9 Å². The number of aldehydes is 1. The van der Waals surface area contributed by atoms with Crippen molar-refractivity contribution in [2.75, 3.05) is 11.1 Å². The van der Waals surface area contributed by atoms with Crippen LogP contribution >= 0.6 is 11.8 Å². The molecule has 3 unspecified atom stereocenters. The molecule has 0 aliphatic carbocycles. The van der Waals surface area contributed by atoms with Crippen LogP contribution in [0.2, 0.25) is 0 Å². The number of ether oxygens (including phenoxy) is 1. The largest absolute Gasteiger partial charge is 0.480 e. The summed E-state index contributed by atoms with van der Waals surface area (Å²) < 4.78 is 34.6. The first-order valence-electron chi connectivity index (χ1n) is 11.3. The second-order valence-electron chi connectivity index (χ2n) is 9.31. The van der Waals surface area contributed by atoms with Crippen LogP contribution < -0.4 is 11.1 Å². The molecule has 198 valence electrons. The number of carboxylic acid groups (broad SMARTS) is 1. The summed E-state index contributed by atoms with van der Waals surface area (Å²) in [5.41, 5.74) is 4.52. The predicted octanol–water partition coefficient (Wildman–Crippen LogP) is 3.78. The Morgan fingerprint density at radius 2 is 1.92 bits per heavy atom. The highest BCUT2D eigenvalue weighted by Crippen LogP contribution is 2.49. The minimum absolute atomic E-state index is 0.00326. The molecule has 0 spiro atoms. The molecule has 12 heteroatoms. The van der Waals surface area contributed by atoms with Crippen LogP contribution in [0.15, 0.2) is 36.4 Å². The smallest absolute Gasteiger partial charge is 0.325 e. The molecule has 1 fully saturated rings. The van der Waals surface area contributed by atoms with Gasteiger partial charge in [0, 0.05) is 23.3 Å². The molecule has 9 nitrogen and oxygen atoms in total. The normalized spacial score (nSPS) is 18.7. The summed E-state index contributed by atoms with van der Waals surface area (Å²) >= 11 is 1.05.